The van der Waals surface area contributed by atoms with E-state index in [0.717, 1.165) is 0 Å². The average Bonchev–Trinajstić information content (AvgIpc) is 2.52. The molecule has 0 bridgehead atoms. The van der Waals surface area contributed by atoms with E-state index in [-0.39, 0.29) is 6.03 Å². The Kier molecular flexibility index (Phi) is 4.97. The molecule has 0 fully saturated rings. The van der Waals surface area contributed by atoms with Gasteiger partial charge in [-0.1, -0.05) is 0 Å². The molecule has 2 aromatic heterocycles. The normalized spacial score (nSPS) is 11.8. The van der Waals surface area contributed by atoms with Crippen LogP contribution in [0.4, 0.5) is 10.6 Å². The van der Waals surface area contributed by atoms with Gasteiger partial charge in [0.15, 0.2) is 5.65 Å². The van der Waals surface area contributed by atoms with Crippen LogP contribution in [0.3, 0.4) is 0 Å². The summed E-state index contributed by atoms with van der Waals surface area (Å²) in [4.78, 5) is 28.4. The maximum absolute atomic E-state index is 11.5. The van der Waals surface area contributed by atoms with Gasteiger partial charge in [0.1, 0.15) is 11.3 Å². The Labute approximate surface area is 127 Å². The summed E-state index contributed by atoms with van der Waals surface area (Å²) in [6.07, 6.45) is 4.59. The number of urea groups is 1. The van der Waals surface area contributed by atoms with E-state index in [4.69, 9.17) is 5.73 Å². The first-order valence-electron chi connectivity index (χ1n) is 6.71. The van der Waals surface area contributed by atoms with Crippen LogP contribution in [0.15, 0.2) is 29.5 Å². The van der Waals surface area contributed by atoms with Crippen LogP contribution in [0.5, 0.6) is 0 Å². The smallest absolute Gasteiger partial charge is 0.320 e. The maximum atomic E-state index is 11.5. The molecule has 4 N–H and O–H groups in total. The van der Waals surface area contributed by atoms with E-state index in [9.17, 15) is 4.79 Å². The average molecular weight is 299 g/mol. The van der Waals surface area contributed by atoms with Crippen molar-refractivity contribution in [3.63, 3.8) is 0 Å². The number of carbonyl (C=O) groups excluding carboxylic acids is 1. The summed E-state index contributed by atoms with van der Waals surface area (Å²) in [5, 5.41) is 5.26. The van der Waals surface area contributed by atoms with Crippen LogP contribution in [0, 0.1) is 0 Å². The van der Waals surface area contributed by atoms with Crippen molar-refractivity contribution in [2.75, 3.05) is 18.9 Å². The minimum atomic E-state index is -0.320. The van der Waals surface area contributed by atoms with E-state index in [1.807, 2.05) is 6.92 Å². The van der Waals surface area contributed by atoms with Gasteiger partial charge in [0, 0.05) is 31.6 Å². The Morgan fingerprint density at radius 3 is 2.91 bits per heavy atom. The molecule has 8 heteroatoms. The number of pyridine rings is 1. The second kappa shape index (κ2) is 7.11. The maximum Gasteiger partial charge on any atom is 0.320 e. The van der Waals surface area contributed by atoms with E-state index < -0.39 is 0 Å². The summed E-state index contributed by atoms with van der Waals surface area (Å²) in [7, 11) is 1.64. The van der Waals surface area contributed by atoms with Gasteiger partial charge in [0.25, 0.3) is 0 Å². The highest BCUT2D eigenvalue weighted by Crippen LogP contribution is 2.14. The molecule has 0 radical (unpaired) electrons. The van der Waals surface area contributed by atoms with E-state index in [0.29, 0.717) is 34.8 Å². The molecular weight excluding hydrogens is 282 g/mol. The van der Waals surface area contributed by atoms with Crippen molar-refractivity contribution in [1.29, 1.82) is 0 Å². The van der Waals surface area contributed by atoms with Gasteiger partial charge in [-0.05, 0) is 19.1 Å². The van der Waals surface area contributed by atoms with Gasteiger partial charge in [-0.3, -0.25) is 15.3 Å². The standard InChI is InChI=1S/C14H17N7O/c1-3-17-14(22)21-12-5-4-10-13(20-12)19-11(8-18-10)9(6-15)7-16-2/h4-8H,3,15H2,1-2H3,(H2,17,19,20,21,22). The Morgan fingerprint density at radius 1 is 1.41 bits per heavy atom. The van der Waals surface area contributed by atoms with Crippen molar-refractivity contribution in [1.82, 2.24) is 20.3 Å². The van der Waals surface area contributed by atoms with Crippen LogP contribution in [-0.2, 0) is 0 Å². The Balaban J connectivity index is 2.36. The number of carbonyl (C=O) groups is 1. The second-order valence-corrected chi connectivity index (χ2v) is 4.29. The fraction of sp³-hybridized carbons (Fsp3) is 0.214. The number of amides is 2. The molecule has 0 aliphatic carbocycles. The number of aromatic nitrogens is 3. The monoisotopic (exact) mass is 299 g/mol. The lowest BCUT2D eigenvalue weighted by Gasteiger charge is -2.06. The number of anilines is 1. The predicted octanol–water partition coefficient (Wildman–Crippen LogP) is 1.17. The van der Waals surface area contributed by atoms with Crippen LogP contribution in [0.2, 0.25) is 0 Å². The molecule has 0 aliphatic rings. The highest BCUT2D eigenvalue weighted by Gasteiger charge is 2.07. The first kappa shape index (κ1) is 15.4. The number of fused-ring (bicyclic) bond motifs is 1. The van der Waals surface area contributed by atoms with Crippen molar-refractivity contribution in [3.8, 4) is 0 Å². The molecule has 22 heavy (non-hydrogen) atoms. The SMILES string of the molecule is CCNC(=O)Nc1ccc2ncc(C(C=NC)=CN)nc2n1. The van der Waals surface area contributed by atoms with Crippen LogP contribution in [0.25, 0.3) is 16.7 Å². The van der Waals surface area contributed by atoms with E-state index in [1.54, 1.807) is 31.6 Å². The van der Waals surface area contributed by atoms with Gasteiger partial charge >= 0.3 is 6.03 Å². The van der Waals surface area contributed by atoms with Crippen molar-refractivity contribution in [3.05, 3.63) is 30.2 Å². The van der Waals surface area contributed by atoms with E-state index in [2.05, 4.69) is 30.6 Å². The highest BCUT2D eigenvalue weighted by molar-refractivity contribution is 6.09. The molecule has 2 aromatic rings. The van der Waals surface area contributed by atoms with Gasteiger partial charge in [0.05, 0.1) is 11.9 Å². The Morgan fingerprint density at radius 2 is 2.23 bits per heavy atom. The lowest BCUT2D eigenvalue weighted by Crippen LogP contribution is -2.28. The lowest BCUT2D eigenvalue weighted by molar-refractivity contribution is 0.252. The molecule has 114 valence electrons. The number of hydrogen-bond donors (Lipinski definition) is 3. The first-order chi connectivity index (χ1) is 10.7. The number of nitrogens with two attached hydrogens (primary N) is 1. The van der Waals surface area contributed by atoms with Crippen molar-refractivity contribution in [2.24, 2.45) is 10.7 Å². The summed E-state index contributed by atoms with van der Waals surface area (Å²) in [6, 6.07) is 3.08. The van der Waals surface area contributed by atoms with Crippen molar-refractivity contribution in [2.45, 2.75) is 6.92 Å². The molecule has 0 unspecified atom stereocenters. The zero-order valence-corrected chi connectivity index (χ0v) is 12.4. The molecule has 0 atom stereocenters. The number of allylic oxidation sites excluding steroid dienone is 1. The van der Waals surface area contributed by atoms with Gasteiger partial charge in [-0.2, -0.15) is 0 Å². The topological polar surface area (TPSA) is 118 Å². The molecule has 8 nitrogen and oxygen atoms in total. The highest BCUT2D eigenvalue weighted by atomic mass is 16.2. The molecule has 2 rings (SSSR count). The quantitative estimate of drug-likeness (QED) is 0.732. The zero-order valence-electron chi connectivity index (χ0n) is 12.4. The Bertz CT molecular complexity index is 739. The third-order valence-corrected chi connectivity index (χ3v) is 2.73. The number of nitrogens with one attached hydrogen (secondary N) is 2. The van der Waals surface area contributed by atoms with Gasteiger partial charge < -0.3 is 11.1 Å². The van der Waals surface area contributed by atoms with E-state index >= 15 is 0 Å². The molecule has 0 spiro atoms. The van der Waals surface area contributed by atoms with E-state index in [1.165, 1.54) is 6.20 Å². The predicted molar refractivity (Wildman–Crippen MR) is 86.6 cm³/mol. The fourth-order valence-corrected chi connectivity index (χ4v) is 1.76. The number of aliphatic imine (C=N–C) groups is 1. The van der Waals surface area contributed by atoms with Crippen LogP contribution >= 0.6 is 0 Å². The molecule has 2 heterocycles. The summed E-state index contributed by atoms with van der Waals surface area (Å²) in [5.74, 6) is 0.396. The molecule has 0 saturated heterocycles. The Hall–Kier alpha value is -3.03. The van der Waals surface area contributed by atoms with Crippen LogP contribution < -0.4 is 16.4 Å². The lowest BCUT2D eigenvalue weighted by atomic mass is 10.2. The molecule has 0 aliphatic heterocycles. The fourth-order valence-electron chi connectivity index (χ4n) is 1.76. The van der Waals surface area contributed by atoms with Gasteiger partial charge in [-0.25, -0.2) is 14.8 Å². The number of nitrogens with zero attached hydrogens (tertiary/aromatic N) is 4. The third kappa shape index (κ3) is 3.54. The third-order valence-electron chi connectivity index (χ3n) is 2.73. The van der Waals surface area contributed by atoms with Crippen LogP contribution in [-0.4, -0.2) is 40.8 Å². The molecular formula is C14H17N7O. The van der Waals surface area contributed by atoms with Crippen molar-refractivity contribution >= 4 is 34.8 Å². The van der Waals surface area contributed by atoms with Gasteiger partial charge in [0.2, 0.25) is 0 Å². The number of rotatable bonds is 4. The van der Waals surface area contributed by atoms with Crippen LogP contribution in [0.1, 0.15) is 12.6 Å². The minimum Gasteiger partial charge on any atom is -0.404 e. The summed E-state index contributed by atoms with van der Waals surface area (Å²) in [6.45, 7) is 2.37. The van der Waals surface area contributed by atoms with Gasteiger partial charge in [-0.15, -0.1) is 0 Å². The first-order valence-corrected chi connectivity index (χ1v) is 6.71. The second-order valence-electron chi connectivity index (χ2n) is 4.29. The molecule has 0 aromatic carbocycles. The number of hydrogen-bond acceptors (Lipinski definition) is 6. The van der Waals surface area contributed by atoms with Crippen molar-refractivity contribution < 1.29 is 4.79 Å². The molecule has 2 amide bonds. The largest absolute Gasteiger partial charge is 0.404 e. The summed E-state index contributed by atoms with van der Waals surface area (Å²) in [5.41, 5.74) is 7.79. The zero-order chi connectivity index (χ0) is 15.9. The molecule has 0 saturated carbocycles. The summed E-state index contributed by atoms with van der Waals surface area (Å²) < 4.78 is 0. The minimum absolute atomic E-state index is 0.320. The summed E-state index contributed by atoms with van der Waals surface area (Å²) >= 11 is 0.